The summed E-state index contributed by atoms with van der Waals surface area (Å²) >= 11 is 0. The van der Waals surface area contributed by atoms with Crippen molar-refractivity contribution < 1.29 is 33.9 Å². The zero-order valence-electron chi connectivity index (χ0n) is 19.4. The molecule has 4 unspecified atom stereocenters. The Morgan fingerprint density at radius 2 is 1.50 bits per heavy atom. The van der Waals surface area contributed by atoms with Crippen LogP contribution in [0.5, 0.6) is 0 Å². The van der Waals surface area contributed by atoms with Crippen LogP contribution in [-0.4, -0.2) is 69.8 Å². The third kappa shape index (κ3) is 7.80. The lowest BCUT2D eigenvalue weighted by atomic mass is 10.0. The second kappa shape index (κ2) is 12.3. The first-order chi connectivity index (χ1) is 16.9. The third-order valence-electron chi connectivity index (χ3n) is 5.26. The molecule has 0 aliphatic rings. The predicted molar refractivity (Wildman–Crippen MR) is 127 cm³/mol. The molecule has 0 saturated carbocycles. The molecule has 2 aromatic rings. The van der Waals surface area contributed by atoms with Gasteiger partial charge >= 0.3 is 5.97 Å². The summed E-state index contributed by atoms with van der Waals surface area (Å²) in [5.41, 5.74) is 17.3. The standard InChI is InChI=1S/C22H29N7O7/c1-10(19(32)29-16(22(35)36)8-18(25)31)27-21(34)15(28-20(33)13(23)7-17(24)30)6-11-9-26-14-5-3-2-4-12(11)14/h2-5,9-10,13,15-16,26H,6-8,23H2,1H3,(H2,24,30)(H2,25,31)(H,27,34)(H,28,33)(H,29,32)(H,35,36). The Morgan fingerprint density at radius 3 is 2.11 bits per heavy atom. The molecule has 1 aromatic heterocycles. The molecule has 0 spiro atoms. The zero-order chi connectivity index (χ0) is 27.0. The number of H-pyrrole nitrogens is 1. The maximum Gasteiger partial charge on any atom is 0.326 e. The largest absolute Gasteiger partial charge is 0.480 e. The molecule has 0 saturated heterocycles. The van der Waals surface area contributed by atoms with Gasteiger partial charge in [-0.2, -0.15) is 0 Å². The number of para-hydroxylation sites is 1. The highest BCUT2D eigenvalue weighted by Crippen LogP contribution is 2.19. The van der Waals surface area contributed by atoms with E-state index >= 15 is 0 Å². The normalized spacial score (nSPS) is 14.2. The molecule has 1 aromatic carbocycles. The van der Waals surface area contributed by atoms with Gasteiger partial charge in [0.15, 0.2) is 0 Å². The number of hydrogen-bond donors (Lipinski definition) is 8. The van der Waals surface area contributed by atoms with Crippen LogP contribution in [0.3, 0.4) is 0 Å². The molecule has 194 valence electrons. The van der Waals surface area contributed by atoms with Gasteiger partial charge in [0.1, 0.15) is 18.1 Å². The van der Waals surface area contributed by atoms with Crippen molar-refractivity contribution in [3.63, 3.8) is 0 Å². The monoisotopic (exact) mass is 503 g/mol. The smallest absolute Gasteiger partial charge is 0.326 e. The van der Waals surface area contributed by atoms with Crippen LogP contribution in [0.25, 0.3) is 10.9 Å². The molecule has 14 heteroatoms. The number of carboxylic acids is 1. The minimum atomic E-state index is -1.58. The summed E-state index contributed by atoms with van der Waals surface area (Å²) in [7, 11) is 0. The van der Waals surface area contributed by atoms with Gasteiger partial charge in [-0.25, -0.2) is 4.79 Å². The van der Waals surface area contributed by atoms with E-state index in [1.165, 1.54) is 6.92 Å². The Hall–Kier alpha value is -4.46. The highest BCUT2D eigenvalue weighted by atomic mass is 16.4. The first-order valence-corrected chi connectivity index (χ1v) is 10.9. The van der Waals surface area contributed by atoms with E-state index in [4.69, 9.17) is 22.3 Å². The van der Waals surface area contributed by atoms with Crippen molar-refractivity contribution in [2.75, 3.05) is 0 Å². The zero-order valence-corrected chi connectivity index (χ0v) is 19.4. The van der Waals surface area contributed by atoms with Crippen LogP contribution < -0.4 is 33.2 Å². The second-order valence-corrected chi connectivity index (χ2v) is 8.20. The molecular formula is C22H29N7O7. The van der Waals surface area contributed by atoms with E-state index in [1.807, 2.05) is 18.2 Å². The number of amides is 5. The van der Waals surface area contributed by atoms with Crippen LogP contribution in [-0.2, 0) is 35.2 Å². The Morgan fingerprint density at radius 1 is 0.889 bits per heavy atom. The molecule has 0 radical (unpaired) electrons. The topological polar surface area (TPSA) is 253 Å². The second-order valence-electron chi connectivity index (χ2n) is 8.20. The van der Waals surface area contributed by atoms with Crippen molar-refractivity contribution in [1.29, 1.82) is 0 Å². The van der Waals surface area contributed by atoms with Gasteiger partial charge in [0, 0.05) is 23.5 Å². The number of rotatable bonds is 13. The first-order valence-electron chi connectivity index (χ1n) is 10.9. The third-order valence-corrected chi connectivity index (χ3v) is 5.26. The van der Waals surface area contributed by atoms with Crippen molar-refractivity contribution in [2.45, 2.75) is 50.4 Å². The highest BCUT2D eigenvalue weighted by Gasteiger charge is 2.30. The highest BCUT2D eigenvalue weighted by molar-refractivity contribution is 5.96. The van der Waals surface area contributed by atoms with Gasteiger partial charge in [0.25, 0.3) is 0 Å². The minimum absolute atomic E-state index is 0.00135. The molecule has 11 N–H and O–H groups in total. The fraction of sp³-hybridized carbons (Fsp3) is 0.364. The molecule has 4 atom stereocenters. The summed E-state index contributed by atoms with van der Waals surface area (Å²) in [6.07, 6.45) is 0.581. The molecule has 0 bridgehead atoms. The van der Waals surface area contributed by atoms with Gasteiger partial charge in [-0.3, -0.25) is 24.0 Å². The van der Waals surface area contributed by atoms with Crippen LogP contribution in [0, 0.1) is 0 Å². The van der Waals surface area contributed by atoms with Crippen molar-refractivity contribution in [3.05, 3.63) is 36.0 Å². The lowest BCUT2D eigenvalue weighted by Crippen LogP contribution is -2.57. The molecule has 1 heterocycles. The number of carbonyl (C=O) groups is 6. The number of carbonyl (C=O) groups excluding carboxylic acids is 5. The van der Waals surface area contributed by atoms with E-state index < -0.39 is 72.5 Å². The van der Waals surface area contributed by atoms with E-state index in [0.29, 0.717) is 5.56 Å². The number of carboxylic acid groups (broad SMARTS) is 1. The van der Waals surface area contributed by atoms with Gasteiger partial charge in [0.2, 0.25) is 29.5 Å². The minimum Gasteiger partial charge on any atom is -0.480 e. The van der Waals surface area contributed by atoms with E-state index in [9.17, 15) is 28.8 Å². The number of hydrogen-bond acceptors (Lipinski definition) is 7. The van der Waals surface area contributed by atoms with Crippen molar-refractivity contribution in [3.8, 4) is 0 Å². The van der Waals surface area contributed by atoms with Gasteiger partial charge in [-0.05, 0) is 18.6 Å². The summed E-state index contributed by atoms with van der Waals surface area (Å²) in [5, 5.41) is 17.0. The number of primary amides is 2. The number of aromatic amines is 1. The van der Waals surface area contributed by atoms with E-state index in [2.05, 4.69) is 20.9 Å². The van der Waals surface area contributed by atoms with Gasteiger partial charge in [0.05, 0.1) is 18.9 Å². The van der Waals surface area contributed by atoms with Gasteiger partial charge in [-0.1, -0.05) is 18.2 Å². The number of nitrogens with two attached hydrogens (primary N) is 3. The SMILES string of the molecule is CC(NC(=O)C(Cc1c[nH]c2ccccc12)NC(=O)C(N)CC(N)=O)C(=O)NC(CC(N)=O)C(=O)O. The molecule has 0 fully saturated rings. The molecular weight excluding hydrogens is 474 g/mol. The Kier molecular flexibility index (Phi) is 9.50. The maximum absolute atomic E-state index is 13.1. The summed E-state index contributed by atoms with van der Waals surface area (Å²) in [4.78, 5) is 74.5. The quantitative estimate of drug-likeness (QED) is 0.143. The molecule has 5 amide bonds. The fourth-order valence-electron chi connectivity index (χ4n) is 3.40. The fourth-order valence-corrected chi connectivity index (χ4v) is 3.40. The number of benzene rings is 1. The average molecular weight is 504 g/mol. The van der Waals surface area contributed by atoms with E-state index in [0.717, 1.165) is 10.9 Å². The lowest BCUT2D eigenvalue weighted by molar-refractivity contribution is -0.143. The van der Waals surface area contributed by atoms with Crippen LogP contribution in [0.4, 0.5) is 0 Å². The molecule has 0 aliphatic carbocycles. The van der Waals surface area contributed by atoms with Crippen LogP contribution >= 0.6 is 0 Å². The maximum atomic E-state index is 13.1. The summed E-state index contributed by atoms with van der Waals surface area (Å²) in [6.45, 7) is 1.29. The summed E-state index contributed by atoms with van der Waals surface area (Å²) in [5.74, 6) is -5.69. The van der Waals surface area contributed by atoms with E-state index in [1.54, 1.807) is 12.3 Å². The predicted octanol–water partition coefficient (Wildman–Crippen LogP) is -2.65. The van der Waals surface area contributed by atoms with Gasteiger partial charge < -0.3 is 43.2 Å². The number of aromatic nitrogens is 1. The van der Waals surface area contributed by atoms with Crippen LogP contribution in [0.15, 0.2) is 30.5 Å². The van der Waals surface area contributed by atoms with Crippen molar-refractivity contribution in [2.24, 2.45) is 17.2 Å². The van der Waals surface area contributed by atoms with Crippen molar-refractivity contribution in [1.82, 2.24) is 20.9 Å². The summed E-state index contributed by atoms with van der Waals surface area (Å²) < 4.78 is 0. The molecule has 36 heavy (non-hydrogen) atoms. The summed E-state index contributed by atoms with van der Waals surface area (Å²) in [6, 6.07) is 1.92. The number of aliphatic carboxylic acids is 1. The lowest BCUT2D eigenvalue weighted by Gasteiger charge is -2.23. The number of fused-ring (bicyclic) bond motifs is 1. The van der Waals surface area contributed by atoms with Crippen LogP contribution in [0.1, 0.15) is 25.3 Å². The molecule has 2 rings (SSSR count). The average Bonchev–Trinajstić information content (AvgIpc) is 3.19. The van der Waals surface area contributed by atoms with Gasteiger partial charge in [-0.15, -0.1) is 0 Å². The Labute approximate surface area is 205 Å². The Balaban J connectivity index is 2.19. The Bertz CT molecular complexity index is 1160. The number of nitrogens with one attached hydrogen (secondary N) is 4. The van der Waals surface area contributed by atoms with Crippen LogP contribution in [0.2, 0.25) is 0 Å². The van der Waals surface area contributed by atoms with Crippen molar-refractivity contribution >= 4 is 46.4 Å². The molecule has 14 nitrogen and oxygen atoms in total. The molecule has 0 aliphatic heterocycles. The first kappa shape index (κ1) is 27.8. The van der Waals surface area contributed by atoms with E-state index in [-0.39, 0.29) is 6.42 Å².